The Morgan fingerprint density at radius 2 is 1.08 bits per heavy atom. The third-order valence-electron chi connectivity index (χ3n) is 8.39. The smallest absolute Gasteiger partial charge is 0.545 e. The first-order valence-corrected chi connectivity index (χ1v) is 18.4. The van der Waals surface area contributed by atoms with Crippen LogP contribution in [0, 0.1) is 11.6 Å². The van der Waals surface area contributed by atoms with Gasteiger partial charge in [0.05, 0.1) is 45.4 Å². The van der Waals surface area contributed by atoms with Crippen LogP contribution in [0.1, 0.15) is 34.1 Å². The molecule has 0 saturated heterocycles. The zero-order valence-corrected chi connectivity index (χ0v) is 36.4. The quantitative estimate of drug-likeness (QED) is 0.0925. The third kappa shape index (κ3) is 12.6. The molecule has 0 saturated carbocycles. The zero-order valence-electron chi connectivity index (χ0n) is 34.1. The molecule has 6 aromatic rings. The SMILES string of the molecule is CCC(=O)c1cnccc1Nc1cc(-c2cc(Cl)ccc2F)c(=O)[nH]c1N(C)C.CN.CN(C)c1[nH]c(=O)c(-c2cc(Cl)ccc2F)cc1Nc1ccncc1C(=O)[O-].Cl.[Li+]. The number of carbonyl (C=O) groups excluding carboxylic acids is 2. The zero-order chi connectivity index (χ0) is 43.6. The first kappa shape index (κ1) is 51.4. The predicted octanol–water partition coefficient (Wildman–Crippen LogP) is 4.03. The van der Waals surface area contributed by atoms with Gasteiger partial charge in [0.1, 0.15) is 23.3 Å². The molecule has 0 unspecified atom stereocenters. The number of hydrogen-bond acceptors (Lipinski definition) is 12. The van der Waals surface area contributed by atoms with Crippen LogP contribution in [0.2, 0.25) is 10.0 Å². The van der Waals surface area contributed by atoms with Crippen molar-refractivity contribution >= 4 is 81.7 Å². The minimum Gasteiger partial charge on any atom is -0.545 e. The second kappa shape index (κ2) is 23.3. The average Bonchev–Trinajstić information content (AvgIpc) is 3.21. The number of halogens is 5. The minimum absolute atomic E-state index is 0. The summed E-state index contributed by atoms with van der Waals surface area (Å²) in [5.41, 5.74) is 5.67. The number of ketones is 1. The molecule has 0 aliphatic rings. The Balaban J connectivity index is 0.000000392. The molecule has 316 valence electrons. The van der Waals surface area contributed by atoms with E-state index in [0.717, 1.165) is 6.20 Å². The van der Waals surface area contributed by atoms with E-state index in [2.05, 4.69) is 36.3 Å². The second-order valence-corrected chi connectivity index (χ2v) is 13.6. The van der Waals surface area contributed by atoms with E-state index >= 15 is 0 Å². The van der Waals surface area contributed by atoms with Crippen molar-refractivity contribution in [2.45, 2.75) is 13.3 Å². The number of rotatable bonds is 11. The summed E-state index contributed by atoms with van der Waals surface area (Å²) in [6.07, 6.45) is 5.94. The maximum atomic E-state index is 14.4. The summed E-state index contributed by atoms with van der Waals surface area (Å²) >= 11 is 11.9. The Morgan fingerprint density at radius 3 is 1.46 bits per heavy atom. The van der Waals surface area contributed by atoms with Crippen LogP contribution in [-0.2, 0) is 0 Å². The predicted molar refractivity (Wildman–Crippen MR) is 235 cm³/mol. The number of carboxylic acids is 1. The van der Waals surface area contributed by atoms with Crippen molar-refractivity contribution < 1.29 is 42.3 Å². The fourth-order valence-electron chi connectivity index (χ4n) is 5.62. The summed E-state index contributed by atoms with van der Waals surface area (Å²) in [7, 11) is 8.42. The molecule has 0 aliphatic carbocycles. The van der Waals surface area contributed by atoms with Crippen molar-refractivity contribution in [1.29, 1.82) is 0 Å². The Hall–Kier alpha value is -5.73. The van der Waals surface area contributed by atoms with Gasteiger partial charge in [-0.1, -0.05) is 30.1 Å². The number of aromatic nitrogens is 4. The van der Waals surface area contributed by atoms with E-state index in [4.69, 9.17) is 23.2 Å². The van der Waals surface area contributed by atoms with Gasteiger partial charge in [-0.15, -0.1) is 12.4 Å². The van der Waals surface area contributed by atoms with Crippen LogP contribution in [0.15, 0.2) is 95.0 Å². The van der Waals surface area contributed by atoms with Crippen LogP contribution >= 0.6 is 35.6 Å². The third-order valence-corrected chi connectivity index (χ3v) is 8.86. The Labute approximate surface area is 378 Å². The van der Waals surface area contributed by atoms with E-state index < -0.39 is 28.7 Å². The van der Waals surface area contributed by atoms with Gasteiger partial charge in [0.2, 0.25) is 0 Å². The van der Waals surface area contributed by atoms with Crippen molar-refractivity contribution in [3.8, 4) is 22.3 Å². The second-order valence-electron chi connectivity index (χ2n) is 12.7. The number of pyridine rings is 4. The summed E-state index contributed by atoms with van der Waals surface area (Å²) in [6.45, 7) is 1.77. The van der Waals surface area contributed by atoms with Gasteiger partial charge in [-0.05, 0) is 67.7 Å². The van der Waals surface area contributed by atoms with Crippen LogP contribution in [0.5, 0.6) is 0 Å². The molecule has 0 aliphatic heterocycles. The number of hydrogen-bond donors (Lipinski definition) is 5. The van der Waals surface area contributed by atoms with E-state index in [9.17, 15) is 33.1 Å². The van der Waals surface area contributed by atoms with Crippen LogP contribution in [0.4, 0.5) is 43.2 Å². The Kier molecular flexibility index (Phi) is 19.6. The summed E-state index contributed by atoms with van der Waals surface area (Å²) in [5, 5.41) is 18.1. The van der Waals surface area contributed by atoms with Crippen molar-refractivity contribution in [3.63, 3.8) is 0 Å². The molecule has 0 amide bonds. The van der Waals surface area contributed by atoms with Gasteiger partial charge in [-0.25, -0.2) is 8.78 Å². The number of benzene rings is 2. The first-order valence-electron chi connectivity index (χ1n) is 17.6. The molecule has 4 aromatic heterocycles. The molecular formula is C41H41Cl3F2LiN9O5. The first-order chi connectivity index (χ1) is 28.1. The number of aromatic carboxylic acids is 1. The number of anilines is 6. The van der Waals surface area contributed by atoms with Crippen LogP contribution in [-0.4, -0.2) is 66.9 Å². The Bertz CT molecular complexity index is 2610. The van der Waals surface area contributed by atoms with Crippen LogP contribution in [0.25, 0.3) is 22.3 Å². The van der Waals surface area contributed by atoms with Gasteiger partial charge in [0.15, 0.2) is 5.78 Å². The molecule has 2 aromatic carbocycles. The molecule has 20 heteroatoms. The maximum Gasteiger partial charge on any atom is 1.00 e. The van der Waals surface area contributed by atoms with E-state index in [-0.39, 0.29) is 75.6 Å². The van der Waals surface area contributed by atoms with Gasteiger partial charge in [0.25, 0.3) is 11.1 Å². The number of carbonyl (C=O) groups is 2. The van der Waals surface area contributed by atoms with E-state index in [1.807, 2.05) is 0 Å². The van der Waals surface area contributed by atoms with Gasteiger partial charge in [-0.3, -0.25) is 24.4 Å². The molecule has 0 spiro atoms. The number of nitrogens with zero attached hydrogens (tertiary/aromatic N) is 4. The molecule has 4 heterocycles. The topological polar surface area (TPSA) is 205 Å². The molecule has 14 nitrogen and oxygen atoms in total. The standard InChI is InChI=1S/C21H20ClFN4O2.C19H16ClFN4O3.CH5N.ClH.Li/c1-4-19(28)15-11-24-8-7-17(15)25-18-10-14(21(29)26-20(18)27(2)3)13-9-12(22)5-6-16(13)23;1-25(2)17-16(23-15-5-6-22-9-13(15)19(27)28)8-12(18(26)24-17)11-7-10(20)3-4-14(11)21;1-2;;/h5-11H,4H2,1-3H3,(H,24,25)(H,26,29);3-9H,1-2H3,(H,22,23)(H,24,26)(H,27,28);2H2,1H3;1H;/q;;;;+1/p-1. The molecule has 0 bridgehead atoms. The van der Waals surface area contributed by atoms with Gasteiger partial charge in [-0.2, -0.15) is 0 Å². The van der Waals surface area contributed by atoms with Crippen LogP contribution in [0.3, 0.4) is 0 Å². The van der Waals surface area contributed by atoms with E-state index in [0.29, 0.717) is 45.7 Å². The van der Waals surface area contributed by atoms with E-state index in [1.54, 1.807) is 63.2 Å². The van der Waals surface area contributed by atoms with E-state index in [1.165, 1.54) is 68.0 Å². The number of nitrogens with one attached hydrogen (secondary N) is 4. The molecule has 0 radical (unpaired) electrons. The summed E-state index contributed by atoms with van der Waals surface area (Å²) < 4.78 is 28.7. The van der Waals surface area contributed by atoms with Crippen molar-refractivity contribution in [3.05, 3.63) is 139 Å². The van der Waals surface area contributed by atoms with Crippen molar-refractivity contribution in [2.75, 3.05) is 55.7 Å². The number of nitrogens with two attached hydrogens (primary N) is 1. The molecular weight excluding hydrogens is 850 g/mol. The monoisotopic (exact) mass is 889 g/mol. The maximum absolute atomic E-state index is 14.4. The summed E-state index contributed by atoms with van der Waals surface area (Å²) in [6, 6.07) is 14.0. The van der Waals surface area contributed by atoms with Gasteiger partial charge >= 0.3 is 18.9 Å². The van der Waals surface area contributed by atoms with Crippen LogP contribution < -0.4 is 61.3 Å². The fourth-order valence-corrected chi connectivity index (χ4v) is 5.96. The summed E-state index contributed by atoms with van der Waals surface area (Å²) in [5.74, 6) is -1.80. The molecule has 0 fully saturated rings. The Morgan fingerprint density at radius 1 is 0.689 bits per heavy atom. The molecule has 6 N–H and O–H groups in total. The normalized spacial score (nSPS) is 10.0. The van der Waals surface area contributed by atoms with Crippen molar-refractivity contribution in [1.82, 2.24) is 19.9 Å². The van der Waals surface area contributed by atoms with Gasteiger partial charge < -0.3 is 46.0 Å². The molecule has 6 rings (SSSR count). The molecule has 61 heavy (non-hydrogen) atoms. The molecule has 0 atom stereocenters. The number of carboxylic acid groups (broad SMARTS) is 1. The largest absolute Gasteiger partial charge is 1.00 e. The summed E-state index contributed by atoms with van der Waals surface area (Å²) in [4.78, 5) is 65.4. The van der Waals surface area contributed by atoms with Crippen molar-refractivity contribution in [2.24, 2.45) is 5.73 Å². The fraction of sp³-hybridized carbons (Fsp3) is 0.171. The average molecular weight is 891 g/mol. The minimum atomic E-state index is -1.41. The number of Topliss-reactive ketones (excluding diaryl/α,β-unsaturated/α-hetero) is 1. The number of aromatic amines is 2. The number of H-pyrrole nitrogens is 2. The van der Waals surface area contributed by atoms with Gasteiger partial charge in [0, 0.05) is 86.1 Å².